The molecule has 0 radical (unpaired) electrons. The first-order valence-corrected chi connectivity index (χ1v) is 31.9. The van der Waals surface area contributed by atoms with Gasteiger partial charge in [-0.25, -0.2) is 0 Å². The quantitative estimate of drug-likeness (QED) is 0.0271. The first kappa shape index (κ1) is 67.4. The van der Waals surface area contributed by atoms with Crippen LogP contribution >= 0.6 is 34.3 Å². The molecule has 0 rings (SSSR count). The Hall–Kier alpha value is 1.13. The fourth-order valence-electron chi connectivity index (χ4n) is 8.89. The molecule has 0 saturated heterocycles. The summed E-state index contributed by atoms with van der Waals surface area (Å²) in [6.07, 6.45) is 62.8. The SMILES string of the molecule is CCCCC(CC)CCCCCCCCCCCCCCCCCCCNC(=S)[S-].CCCCC(CC)CCCCCCCCCCCCCCCCCCCNC(=S)[S-].[S]=[Mo+2]. The van der Waals surface area contributed by atoms with Crippen molar-refractivity contribution in [3.63, 3.8) is 0 Å². The molecule has 0 aliphatic carbocycles. The Kier molecular flexibility index (Phi) is 67.5. The normalized spacial score (nSPS) is 11.9. The van der Waals surface area contributed by atoms with Crippen molar-refractivity contribution in [1.29, 1.82) is 0 Å². The Balaban J connectivity index is -0.00000108. The van der Waals surface area contributed by atoms with E-state index in [1.807, 2.05) is 0 Å². The van der Waals surface area contributed by atoms with Crippen LogP contribution in [0.4, 0.5) is 0 Å². The van der Waals surface area contributed by atoms with E-state index in [2.05, 4.69) is 48.1 Å². The summed E-state index contributed by atoms with van der Waals surface area (Å²) in [6.45, 7) is 11.3. The number of unbranched alkanes of at least 4 members (excludes halogenated alkanes) is 34. The van der Waals surface area contributed by atoms with Gasteiger partial charge in [0.05, 0.1) is 0 Å². The topological polar surface area (TPSA) is 24.1 Å². The molecular weight excluding hydrogens is 933 g/mol. The summed E-state index contributed by atoms with van der Waals surface area (Å²) >= 11 is 20.9. The van der Waals surface area contributed by atoms with E-state index in [1.54, 1.807) is 0 Å². The Morgan fingerprint density at radius 3 is 0.677 bits per heavy atom. The van der Waals surface area contributed by atoms with Gasteiger partial charge in [-0.2, -0.15) is 0 Å². The van der Waals surface area contributed by atoms with E-state index in [0.717, 1.165) is 24.9 Å². The molecule has 0 aromatic heterocycles. The second-order valence-electron chi connectivity index (χ2n) is 18.9. The number of hydrogen-bond donors (Lipinski definition) is 2. The Labute approximate surface area is 428 Å². The van der Waals surface area contributed by atoms with Crippen molar-refractivity contribution in [2.75, 3.05) is 13.1 Å². The average Bonchev–Trinajstić information content (AvgIpc) is 3.27. The number of rotatable bonds is 48. The van der Waals surface area contributed by atoms with Gasteiger partial charge in [0.15, 0.2) is 0 Å². The Bertz CT molecular complexity index is 784. The van der Waals surface area contributed by atoms with Gasteiger partial charge < -0.3 is 60.3 Å². The maximum absolute atomic E-state index is 4.84. The zero-order valence-electron chi connectivity index (χ0n) is 42.1. The second-order valence-corrected chi connectivity index (χ2v) is 21.0. The molecule has 0 fully saturated rings. The summed E-state index contributed by atoms with van der Waals surface area (Å²) in [5.74, 6) is 2.02. The fraction of sp³-hybridized carbons (Fsp3) is 0.963. The predicted octanol–water partition coefficient (Wildman–Crippen LogP) is 19.9. The van der Waals surface area contributed by atoms with E-state index in [4.69, 9.17) is 49.7 Å². The van der Waals surface area contributed by atoms with Crippen molar-refractivity contribution in [3.05, 3.63) is 0 Å². The number of thiocarbonyl (C=S) groups is 2. The Morgan fingerprint density at radius 2 is 0.500 bits per heavy atom. The standard InChI is InChI=1S/2C27H55NS2.Mo.S/c2*1-3-5-23-26(4-2)24-21-19-17-15-13-11-9-7-6-8-10-12-14-16-18-20-22-25-28-27(29)30;;/h2*26H,3-25H2,1-2H3,(H2,28,29,30);;/q;;+2;/p-2. The third kappa shape index (κ3) is 63.2. The Morgan fingerprint density at radius 1 is 0.323 bits per heavy atom. The van der Waals surface area contributed by atoms with Crippen molar-refractivity contribution in [1.82, 2.24) is 10.6 Å². The van der Waals surface area contributed by atoms with Crippen molar-refractivity contribution in [2.45, 2.75) is 310 Å². The van der Waals surface area contributed by atoms with Gasteiger partial charge in [-0.3, -0.25) is 0 Å². The monoisotopic (exact) mass is 1040 g/mol. The third-order valence-corrected chi connectivity index (χ3v) is 13.8. The van der Waals surface area contributed by atoms with E-state index >= 15 is 0 Å². The summed E-state index contributed by atoms with van der Waals surface area (Å²) in [5.41, 5.74) is 0. The van der Waals surface area contributed by atoms with Crippen LogP contribution in [0.3, 0.4) is 0 Å². The van der Waals surface area contributed by atoms with E-state index in [0.29, 0.717) is 8.64 Å². The zero-order chi connectivity index (χ0) is 46.3. The maximum atomic E-state index is 4.84. The van der Waals surface area contributed by atoms with Gasteiger partial charge in [-0.1, -0.05) is 306 Å². The molecule has 0 aliphatic rings. The molecular formula is C54H108MoN2S5. The van der Waals surface area contributed by atoms with Gasteiger partial charge in [-0.15, -0.1) is 0 Å². The van der Waals surface area contributed by atoms with Gasteiger partial charge in [0.2, 0.25) is 0 Å². The molecule has 2 atom stereocenters. The van der Waals surface area contributed by atoms with Crippen LogP contribution in [0.5, 0.6) is 0 Å². The third-order valence-electron chi connectivity index (χ3n) is 13.2. The van der Waals surface area contributed by atoms with Crippen LogP contribution in [0.25, 0.3) is 0 Å². The molecule has 2 N–H and O–H groups in total. The minimum absolute atomic E-state index is 0.517. The average molecular weight is 1040 g/mol. The summed E-state index contributed by atoms with van der Waals surface area (Å²) in [5, 5.41) is 6.11. The van der Waals surface area contributed by atoms with E-state index in [1.165, 1.54) is 301 Å². The van der Waals surface area contributed by atoms with Crippen molar-refractivity contribution < 1.29 is 18.0 Å². The molecule has 0 aromatic carbocycles. The summed E-state index contributed by atoms with van der Waals surface area (Å²) < 4.78 is 1.03. The summed E-state index contributed by atoms with van der Waals surface area (Å²) in [4.78, 5) is 0. The number of nitrogens with one attached hydrogen (secondary N) is 2. The molecule has 2 unspecified atom stereocenters. The van der Waals surface area contributed by atoms with E-state index in [9.17, 15) is 0 Å². The van der Waals surface area contributed by atoms with Crippen LogP contribution in [0, 0.1) is 11.8 Å². The zero-order valence-corrected chi connectivity index (χ0v) is 48.2. The summed E-state index contributed by atoms with van der Waals surface area (Å²) in [7, 11) is 4.09. The molecule has 0 heterocycles. The van der Waals surface area contributed by atoms with Gasteiger partial charge in [0.1, 0.15) is 0 Å². The fourth-order valence-corrected chi connectivity index (χ4v) is 9.30. The molecule has 0 bridgehead atoms. The molecule has 0 saturated carbocycles. The summed E-state index contributed by atoms with van der Waals surface area (Å²) in [6, 6.07) is 0. The van der Waals surface area contributed by atoms with E-state index in [-0.39, 0.29) is 0 Å². The van der Waals surface area contributed by atoms with Crippen LogP contribution in [0.1, 0.15) is 310 Å². The van der Waals surface area contributed by atoms with Gasteiger partial charge in [-0.05, 0) is 24.7 Å². The molecule has 0 amide bonds. The molecule has 62 heavy (non-hydrogen) atoms. The predicted molar refractivity (Wildman–Crippen MR) is 296 cm³/mol. The molecule has 0 aromatic rings. The molecule has 2 nitrogen and oxygen atoms in total. The molecule has 370 valence electrons. The van der Waals surface area contributed by atoms with Crippen LogP contribution in [0.15, 0.2) is 0 Å². The van der Waals surface area contributed by atoms with E-state index < -0.39 is 0 Å². The van der Waals surface area contributed by atoms with Gasteiger partial charge in [0, 0.05) is 13.1 Å². The van der Waals surface area contributed by atoms with Gasteiger partial charge in [0.25, 0.3) is 0 Å². The van der Waals surface area contributed by atoms with Gasteiger partial charge >= 0.3 is 27.8 Å². The first-order chi connectivity index (χ1) is 30.4. The number of hydrogen-bond acceptors (Lipinski definition) is 5. The van der Waals surface area contributed by atoms with Crippen molar-refractivity contribution in [3.8, 4) is 0 Å². The molecule has 8 heteroatoms. The minimum atomic E-state index is 0.517. The van der Waals surface area contributed by atoms with Crippen molar-refractivity contribution >= 4 is 68.2 Å². The first-order valence-electron chi connectivity index (χ1n) is 27.5. The second kappa shape index (κ2) is 62.1. The van der Waals surface area contributed by atoms with Crippen LogP contribution in [-0.4, -0.2) is 21.7 Å². The van der Waals surface area contributed by atoms with Crippen LogP contribution in [-0.2, 0) is 43.3 Å². The molecule has 0 aliphatic heterocycles. The van der Waals surface area contributed by atoms with Crippen LogP contribution in [0.2, 0.25) is 0 Å². The van der Waals surface area contributed by atoms with Crippen LogP contribution < -0.4 is 10.6 Å². The van der Waals surface area contributed by atoms with Crippen molar-refractivity contribution in [2.24, 2.45) is 11.8 Å². The molecule has 0 spiro atoms.